The molecule has 2 nitrogen and oxygen atoms in total. The van der Waals surface area contributed by atoms with Gasteiger partial charge in [0.05, 0.1) is 0 Å². The van der Waals surface area contributed by atoms with E-state index in [1.54, 1.807) is 0 Å². The number of hydrogen-bond donors (Lipinski definition) is 1. The number of rotatable bonds is 1. The van der Waals surface area contributed by atoms with Crippen molar-refractivity contribution in [2.24, 2.45) is 17.1 Å². The molecule has 0 aromatic carbocycles. The van der Waals surface area contributed by atoms with E-state index in [1.165, 1.54) is 58.0 Å². The fourth-order valence-corrected chi connectivity index (χ4v) is 3.89. The van der Waals surface area contributed by atoms with Crippen molar-refractivity contribution in [3.05, 3.63) is 0 Å². The Hall–Kier alpha value is -0.0800. The Bertz CT molecular complexity index is 247. The summed E-state index contributed by atoms with van der Waals surface area (Å²) in [5.41, 5.74) is 6.67. The summed E-state index contributed by atoms with van der Waals surface area (Å²) in [6.07, 6.45) is 9.80. The summed E-state index contributed by atoms with van der Waals surface area (Å²) < 4.78 is 0. The molecule has 3 aliphatic rings. The van der Waals surface area contributed by atoms with Gasteiger partial charge in [-0.2, -0.15) is 0 Å². The van der Waals surface area contributed by atoms with Crippen LogP contribution in [0.25, 0.3) is 0 Å². The van der Waals surface area contributed by atoms with Crippen LogP contribution in [-0.2, 0) is 0 Å². The van der Waals surface area contributed by atoms with Gasteiger partial charge in [0.1, 0.15) is 0 Å². The second kappa shape index (κ2) is 3.99. The standard InChI is InChI=1S/C14H26N2/c1-11-4-8-16(9-5-11)12-2-6-14(7-3-12)10-13(14)15/h11-13H,2-10,15H2,1H3. The average molecular weight is 222 g/mol. The Morgan fingerprint density at radius 3 is 2.12 bits per heavy atom. The molecule has 3 fully saturated rings. The van der Waals surface area contributed by atoms with Crippen LogP contribution in [0.1, 0.15) is 51.9 Å². The van der Waals surface area contributed by atoms with E-state index in [-0.39, 0.29) is 0 Å². The molecule has 3 rings (SSSR count). The van der Waals surface area contributed by atoms with Crippen LogP contribution in [0.3, 0.4) is 0 Å². The third-order valence-electron chi connectivity index (χ3n) is 5.54. The zero-order valence-electron chi connectivity index (χ0n) is 10.6. The first-order valence-corrected chi connectivity index (χ1v) is 7.19. The Morgan fingerprint density at radius 1 is 1.06 bits per heavy atom. The third-order valence-corrected chi connectivity index (χ3v) is 5.54. The van der Waals surface area contributed by atoms with E-state index in [0.29, 0.717) is 11.5 Å². The molecule has 1 atom stereocenters. The Kier molecular flexibility index (Phi) is 2.75. The minimum atomic E-state index is 0.551. The molecule has 0 aromatic rings. The van der Waals surface area contributed by atoms with Crippen molar-refractivity contribution in [3.8, 4) is 0 Å². The summed E-state index contributed by atoms with van der Waals surface area (Å²) in [4.78, 5) is 2.76. The molecule has 2 saturated carbocycles. The zero-order chi connectivity index (χ0) is 11.2. The fraction of sp³-hybridized carbons (Fsp3) is 1.00. The molecular weight excluding hydrogens is 196 g/mol. The fourth-order valence-electron chi connectivity index (χ4n) is 3.89. The van der Waals surface area contributed by atoms with E-state index >= 15 is 0 Å². The molecule has 1 aliphatic heterocycles. The van der Waals surface area contributed by atoms with Gasteiger partial charge in [0.25, 0.3) is 0 Å². The quantitative estimate of drug-likeness (QED) is 0.738. The van der Waals surface area contributed by atoms with Crippen molar-refractivity contribution < 1.29 is 0 Å². The summed E-state index contributed by atoms with van der Waals surface area (Å²) in [5.74, 6) is 0.961. The molecular formula is C14H26N2. The highest BCUT2D eigenvalue weighted by Crippen LogP contribution is 2.55. The molecule has 0 amide bonds. The lowest BCUT2D eigenvalue weighted by molar-refractivity contribution is 0.0927. The average Bonchev–Trinajstić information content (AvgIpc) is 2.91. The summed E-state index contributed by atoms with van der Waals surface area (Å²) in [7, 11) is 0. The second-order valence-corrected chi connectivity index (χ2v) is 6.62. The lowest BCUT2D eigenvalue weighted by Gasteiger charge is -2.40. The highest BCUT2D eigenvalue weighted by Gasteiger charge is 2.53. The van der Waals surface area contributed by atoms with Crippen LogP contribution in [0.4, 0.5) is 0 Å². The van der Waals surface area contributed by atoms with Crippen molar-refractivity contribution in [2.75, 3.05) is 13.1 Å². The molecule has 0 aromatic heterocycles. The zero-order valence-corrected chi connectivity index (χ0v) is 10.6. The van der Waals surface area contributed by atoms with E-state index in [0.717, 1.165) is 12.0 Å². The molecule has 2 aliphatic carbocycles. The van der Waals surface area contributed by atoms with E-state index < -0.39 is 0 Å². The van der Waals surface area contributed by atoms with Gasteiger partial charge in [-0.1, -0.05) is 6.92 Å². The highest BCUT2D eigenvalue weighted by atomic mass is 15.2. The van der Waals surface area contributed by atoms with E-state index in [4.69, 9.17) is 5.73 Å². The summed E-state index contributed by atoms with van der Waals surface area (Å²) in [5, 5.41) is 0. The minimum Gasteiger partial charge on any atom is -0.327 e. The normalized spacial score (nSPS) is 46.1. The van der Waals surface area contributed by atoms with Gasteiger partial charge in [0.2, 0.25) is 0 Å². The van der Waals surface area contributed by atoms with Gasteiger partial charge in [-0.25, -0.2) is 0 Å². The maximum atomic E-state index is 6.06. The predicted molar refractivity (Wildman–Crippen MR) is 67.3 cm³/mol. The molecule has 0 radical (unpaired) electrons. The molecule has 0 bridgehead atoms. The van der Waals surface area contributed by atoms with Crippen LogP contribution < -0.4 is 5.73 Å². The molecule has 16 heavy (non-hydrogen) atoms. The first kappa shape index (κ1) is 11.0. The van der Waals surface area contributed by atoms with Crippen LogP contribution in [0.2, 0.25) is 0 Å². The number of piperidine rings is 1. The smallest absolute Gasteiger partial charge is 0.0102 e. The summed E-state index contributed by atoms with van der Waals surface area (Å²) in [6, 6.07) is 1.45. The Balaban J connectivity index is 1.50. The molecule has 2 heteroatoms. The Morgan fingerprint density at radius 2 is 1.62 bits per heavy atom. The number of hydrogen-bond acceptors (Lipinski definition) is 2. The van der Waals surface area contributed by atoms with Gasteiger partial charge >= 0.3 is 0 Å². The van der Waals surface area contributed by atoms with Crippen LogP contribution in [0, 0.1) is 11.3 Å². The first-order valence-electron chi connectivity index (χ1n) is 7.19. The summed E-state index contributed by atoms with van der Waals surface area (Å²) >= 11 is 0. The van der Waals surface area contributed by atoms with Crippen molar-refractivity contribution in [3.63, 3.8) is 0 Å². The van der Waals surface area contributed by atoms with Gasteiger partial charge in [0, 0.05) is 12.1 Å². The predicted octanol–water partition coefficient (Wildman–Crippen LogP) is 2.38. The largest absolute Gasteiger partial charge is 0.327 e. The van der Waals surface area contributed by atoms with Gasteiger partial charge in [-0.3, -0.25) is 0 Å². The van der Waals surface area contributed by atoms with Crippen molar-refractivity contribution in [2.45, 2.75) is 64.0 Å². The van der Waals surface area contributed by atoms with Crippen molar-refractivity contribution in [1.82, 2.24) is 4.90 Å². The van der Waals surface area contributed by atoms with Gasteiger partial charge < -0.3 is 10.6 Å². The second-order valence-electron chi connectivity index (χ2n) is 6.62. The van der Waals surface area contributed by atoms with E-state index in [9.17, 15) is 0 Å². The topological polar surface area (TPSA) is 29.3 Å². The lowest BCUT2D eigenvalue weighted by Crippen LogP contribution is -2.43. The van der Waals surface area contributed by atoms with Crippen LogP contribution in [-0.4, -0.2) is 30.1 Å². The van der Waals surface area contributed by atoms with Gasteiger partial charge in [-0.05, 0) is 69.4 Å². The molecule has 92 valence electrons. The molecule has 1 saturated heterocycles. The van der Waals surface area contributed by atoms with Crippen molar-refractivity contribution >= 4 is 0 Å². The number of likely N-dealkylation sites (tertiary alicyclic amines) is 1. The lowest BCUT2D eigenvalue weighted by atomic mass is 9.81. The molecule has 1 heterocycles. The minimum absolute atomic E-state index is 0.551. The first-order chi connectivity index (χ1) is 7.70. The highest BCUT2D eigenvalue weighted by molar-refractivity contribution is 5.08. The maximum absolute atomic E-state index is 6.06. The van der Waals surface area contributed by atoms with Crippen LogP contribution >= 0.6 is 0 Å². The molecule has 1 spiro atoms. The monoisotopic (exact) mass is 222 g/mol. The summed E-state index contributed by atoms with van der Waals surface area (Å²) in [6.45, 7) is 5.10. The SMILES string of the molecule is CC1CCN(C2CCC3(CC2)CC3N)CC1. The van der Waals surface area contributed by atoms with Crippen LogP contribution in [0.15, 0.2) is 0 Å². The van der Waals surface area contributed by atoms with Crippen LogP contribution in [0.5, 0.6) is 0 Å². The molecule has 1 unspecified atom stereocenters. The van der Waals surface area contributed by atoms with E-state index in [2.05, 4.69) is 11.8 Å². The van der Waals surface area contributed by atoms with Gasteiger partial charge in [-0.15, -0.1) is 0 Å². The van der Waals surface area contributed by atoms with E-state index in [1.807, 2.05) is 0 Å². The van der Waals surface area contributed by atoms with Crippen molar-refractivity contribution in [1.29, 1.82) is 0 Å². The maximum Gasteiger partial charge on any atom is 0.0102 e. The number of nitrogens with zero attached hydrogens (tertiary/aromatic N) is 1. The third kappa shape index (κ3) is 1.91. The molecule has 2 N–H and O–H groups in total. The van der Waals surface area contributed by atoms with Gasteiger partial charge in [0.15, 0.2) is 0 Å². The Labute approximate surface area is 99.6 Å². The number of nitrogens with two attached hydrogens (primary N) is 1.